The van der Waals surface area contributed by atoms with E-state index >= 15 is 0 Å². The van der Waals surface area contributed by atoms with Gasteiger partial charge in [0.15, 0.2) is 5.78 Å². The third kappa shape index (κ3) is 3.01. The zero-order valence-corrected chi connectivity index (χ0v) is 11.3. The molecule has 0 N–H and O–H groups in total. The van der Waals surface area contributed by atoms with Gasteiger partial charge < -0.3 is 0 Å². The Bertz CT molecular complexity index is 429. The van der Waals surface area contributed by atoms with Crippen LogP contribution in [-0.4, -0.2) is 30.3 Å². The molecule has 1 fully saturated rings. The molecule has 1 aliphatic rings. The molecule has 2 nitrogen and oxygen atoms in total. The van der Waals surface area contributed by atoms with E-state index < -0.39 is 0 Å². The Balaban J connectivity index is 2.05. The largest absolute Gasteiger partial charge is 0.296 e. The molecule has 17 heavy (non-hydrogen) atoms. The second-order valence-electron chi connectivity index (χ2n) is 4.55. The lowest BCUT2D eigenvalue weighted by atomic mass is 9.91. The Morgan fingerprint density at radius 3 is 2.71 bits per heavy atom. The van der Waals surface area contributed by atoms with E-state index in [2.05, 4.69) is 4.90 Å². The van der Waals surface area contributed by atoms with Gasteiger partial charge in [0.2, 0.25) is 0 Å². The summed E-state index contributed by atoms with van der Waals surface area (Å²) < 4.78 is 0. The lowest BCUT2D eigenvalue weighted by Crippen LogP contribution is -2.40. The van der Waals surface area contributed by atoms with Gasteiger partial charge in [-0.25, -0.2) is 0 Å². The van der Waals surface area contributed by atoms with Gasteiger partial charge in [0.05, 0.1) is 11.6 Å². The lowest BCUT2D eigenvalue weighted by molar-refractivity contribution is 0.0870. The lowest BCUT2D eigenvalue weighted by Gasteiger charge is -2.34. The van der Waals surface area contributed by atoms with E-state index in [0.29, 0.717) is 28.2 Å². The smallest absolute Gasteiger partial charge is 0.178 e. The fourth-order valence-corrected chi connectivity index (χ4v) is 2.37. The van der Waals surface area contributed by atoms with E-state index in [0.717, 1.165) is 0 Å². The molecule has 0 bridgehead atoms. The molecule has 0 heterocycles. The SMILES string of the molecule is CN(CC(=O)c1cc(Cl)ccc1Cl)C1CCC1. The molecule has 1 aromatic carbocycles. The number of ketones is 1. The number of hydrogen-bond donors (Lipinski definition) is 0. The fourth-order valence-electron chi connectivity index (χ4n) is 1.98. The van der Waals surface area contributed by atoms with E-state index in [1.807, 2.05) is 7.05 Å². The highest BCUT2D eigenvalue weighted by molar-refractivity contribution is 6.36. The summed E-state index contributed by atoms with van der Waals surface area (Å²) in [5.41, 5.74) is 0.519. The van der Waals surface area contributed by atoms with Crippen LogP contribution in [0.4, 0.5) is 0 Å². The number of likely N-dealkylation sites (N-methyl/N-ethyl adjacent to an activating group) is 1. The van der Waals surface area contributed by atoms with E-state index in [4.69, 9.17) is 23.2 Å². The molecule has 0 aromatic heterocycles. The minimum Gasteiger partial charge on any atom is -0.296 e. The van der Waals surface area contributed by atoms with Crippen molar-refractivity contribution in [1.82, 2.24) is 4.90 Å². The van der Waals surface area contributed by atoms with Crippen molar-refractivity contribution in [2.45, 2.75) is 25.3 Å². The molecule has 0 spiro atoms. The molecule has 2 rings (SSSR count). The molecular formula is C13H15Cl2NO. The van der Waals surface area contributed by atoms with Gasteiger partial charge in [-0.2, -0.15) is 0 Å². The molecule has 0 amide bonds. The monoisotopic (exact) mass is 271 g/mol. The first kappa shape index (κ1) is 12.9. The van der Waals surface area contributed by atoms with Gasteiger partial charge in [-0.15, -0.1) is 0 Å². The van der Waals surface area contributed by atoms with Gasteiger partial charge in [-0.05, 0) is 38.1 Å². The predicted molar refractivity (Wildman–Crippen MR) is 71.1 cm³/mol. The van der Waals surface area contributed by atoms with E-state index in [1.54, 1.807) is 18.2 Å². The molecule has 1 aromatic rings. The predicted octanol–water partition coefficient (Wildman–Crippen LogP) is 3.66. The maximum atomic E-state index is 12.1. The third-order valence-electron chi connectivity index (χ3n) is 3.32. The maximum Gasteiger partial charge on any atom is 0.178 e. The molecular weight excluding hydrogens is 257 g/mol. The van der Waals surface area contributed by atoms with Crippen LogP contribution in [0.1, 0.15) is 29.6 Å². The van der Waals surface area contributed by atoms with Crippen LogP contribution >= 0.6 is 23.2 Å². The zero-order valence-electron chi connectivity index (χ0n) is 9.75. The van der Waals surface area contributed by atoms with Crippen molar-refractivity contribution in [2.24, 2.45) is 0 Å². The highest BCUT2D eigenvalue weighted by atomic mass is 35.5. The molecule has 4 heteroatoms. The van der Waals surface area contributed by atoms with Crippen LogP contribution in [0.25, 0.3) is 0 Å². The summed E-state index contributed by atoms with van der Waals surface area (Å²) in [6, 6.07) is 5.55. The number of hydrogen-bond acceptors (Lipinski definition) is 2. The fraction of sp³-hybridized carbons (Fsp3) is 0.462. The minimum atomic E-state index is 0.0342. The number of halogens is 2. The summed E-state index contributed by atoms with van der Waals surface area (Å²) in [5.74, 6) is 0.0342. The van der Waals surface area contributed by atoms with Gasteiger partial charge in [0.1, 0.15) is 0 Å². The summed E-state index contributed by atoms with van der Waals surface area (Å²) >= 11 is 11.9. The average molecular weight is 272 g/mol. The Hall–Kier alpha value is -0.570. The molecule has 0 aliphatic heterocycles. The van der Waals surface area contributed by atoms with Crippen molar-refractivity contribution < 1.29 is 4.79 Å². The number of rotatable bonds is 4. The summed E-state index contributed by atoms with van der Waals surface area (Å²) in [7, 11) is 1.99. The Morgan fingerprint density at radius 2 is 2.12 bits per heavy atom. The summed E-state index contributed by atoms with van der Waals surface area (Å²) in [6.07, 6.45) is 3.64. The van der Waals surface area contributed by atoms with Crippen LogP contribution in [-0.2, 0) is 0 Å². The summed E-state index contributed by atoms with van der Waals surface area (Å²) in [4.78, 5) is 14.2. The highest BCUT2D eigenvalue weighted by Gasteiger charge is 2.24. The first-order valence-electron chi connectivity index (χ1n) is 5.76. The Kier molecular flexibility index (Phi) is 4.08. The highest BCUT2D eigenvalue weighted by Crippen LogP contribution is 2.25. The second kappa shape index (κ2) is 5.38. The van der Waals surface area contributed by atoms with Gasteiger partial charge in [-0.1, -0.05) is 29.6 Å². The molecule has 0 unspecified atom stereocenters. The number of benzene rings is 1. The molecule has 0 atom stereocenters. The number of nitrogens with zero attached hydrogens (tertiary/aromatic N) is 1. The second-order valence-corrected chi connectivity index (χ2v) is 5.39. The molecule has 0 radical (unpaired) electrons. The van der Waals surface area contributed by atoms with Crippen LogP contribution in [0.3, 0.4) is 0 Å². The van der Waals surface area contributed by atoms with Gasteiger partial charge in [-0.3, -0.25) is 9.69 Å². The van der Waals surface area contributed by atoms with Crippen LogP contribution in [0.2, 0.25) is 10.0 Å². The van der Waals surface area contributed by atoms with Crippen molar-refractivity contribution in [3.8, 4) is 0 Å². The zero-order chi connectivity index (χ0) is 12.4. The van der Waals surface area contributed by atoms with Crippen molar-refractivity contribution in [1.29, 1.82) is 0 Å². The van der Waals surface area contributed by atoms with Crippen molar-refractivity contribution in [3.63, 3.8) is 0 Å². The summed E-state index contributed by atoms with van der Waals surface area (Å²) in [6.45, 7) is 0.407. The standard InChI is InChI=1S/C13H15Cl2NO/c1-16(10-3-2-4-10)8-13(17)11-7-9(14)5-6-12(11)15/h5-7,10H,2-4,8H2,1H3. The van der Waals surface area contributed by atoms with Gasteiger partial charge >= 0.3 is 0 Å². The average Bonchev–Trinajstić information content (AvgIpc) is 2.18. The Labute approximate surface area is 112 Å². The molecule has 92 valence electrons. The third-order valence-corrected chi connectivity index (χ3v) is 3.88. The van der Waals surface area contributed by atoms with Gasteiger partial charge in [0, 0.05) is 16.6 Å². The van der Waals surface area contributed by atoms with Crippen LogP contribution < -0.4 is 0 Å². The van der Waals surface area contributed by atoms with Crippen molar-refractivity contribution in [2.75, 3.05) is 13.6 Å². The normalized spacial score (nSPS) is 16.0. The first-order chi connectivity index (χ1) is 8.08. The molecule has 0 saturated heterocycles. The van der Waals surface area contributed by atoms with E-state index in [-0.39, 0.29) is 5.78 Å². The van der Waals surface area contributed by atoms with E-state index in [9.17, 15) is 4.79 Å². The van der Waals surface area contributed by atoms with Crippen molar-refractivity contribution >= 4 is 29.0 Å². The molecule has 1 saturated carbocycles. The summed E-state index contributed by atoms with van der Waals surface area (Å²) in [5, 5.41) is 1.02. The topological polar surface area (TPSA) is 20.3 Å². The molecule has 1 aliphatic carbocycles. The van der Waals surface area contributed by atoms with Crippen LogP contribution in [0.5, 0.6) is 0 Å². The van der Waals surface area contributed by atoms with E-state index in [1.165, 1.54) is 19.3 Å². The Morgan fingerprint density at radius 1 is 1.41 bits per heavy atom. The number of Topliss-reactive ketones (excluding diaryl/α,β-unsaturated/α-hetero) is 1. The number of carbonyl (C=O) groups is 1. The minimum absolute atomic E-state index is 0.0342. The number of carbonyl (C=O) groups excluding carboxylic acids is 1. The van der Waals surface area contributed by atoms with Crippen LogP contribution in [0.15, 0.2) is 18.2 Å². The maximum absolute atomic E-state index is 12.1. The van der Waals surface area contributed by atoms with Crippen LogP contribution in [0, 0.1) is 0 Å². The quantitative estimate of drug-likeness (QED) is 0.779. The van der Waals surface area contributed by atoms with Crippen molar-refractivity contribution in [3.05, 3.63) is 33.8 Å². The first-order valence-corrected chi connectivity index (χ1v) is 6.52. The van der Waals surface area contributed by atoms with Gasteiger partial charge in [0.25, 0.3) is 0 Å².